The molecule has 2 heterocycles. The summed E-state index contributed by atoms with van der Waals surface area (Å²) in [6.07, 6.45) is 0. The highest BCUT2D eigenvalue weighted by Gasteiger charge is 2.29. The molecule has 0 saturated carbocycles. The number of amides is 1. The summed E-state index contributed by atoms with van der Waals surface area (Å²) in [6.45, 7) is 1.79. The van der Waals surface area contributed by atoms with Crippen LogP contribution in [0.3, 0.4) is 0 Å². The third-order valence-electron chi connectivity index (χ3n) is 5.29. The second-order valence-corrected chi connectivity index (χ2v) is 11.2. The number of aromatic nitrogens is 1. The van der Waals surface area contributed by atoms with E-state index in [1.54, 1.807) is 24.3 Å². The molecule has 3 aromatic rings. The maximum absolute atomic E-state index is 12.9. The smallest absolute Gasteiger partial charge is 0.243 e. The maximum atomic E-state index is 12.9. The molecule has 8 nitrogen and oxygen atoms in total. The Morgan fingerprint density at radius 1 is 1.09 bits per heavy atom. The lowest BCUT2D eigenvalue weighted by atomic mass is 10.2. The molecule has 0 spiro atoms. The van der Waals surface area contributed by atoms with Crippen LogP contribution in [0.4, 0.5) is 5.13 Å². The number of anilines is 1. The molecule has 0 atom stereocenters. The number of thiazole rings is 1. The van der Waals surface area contributed by atoms with E-state index >= 15 is 0 Å². The minimum absolute atomic E-state index is 0.168. The minimum atomic E-state index is -3.57. The second kappa shape index (κ2) is 10.3. The number of halogens is 1. The van der Waals surface area contributed by atoms with Gasteiger partial charge in [0.05, 0.1) is 24.2 Å². The molecule has 1 N–H and O–H groups in total. The van der Waals surface area contributed by atoms with Gasteiger partial charge in [-0.15, -0.1) is 11.3 Å². The monoisotopic (exact) mass is 550 g/mol. The van der Waals surface area contributed by atoms with Crippen LogP contribution < -0.4 is 10.1 Å². The van der Waals surface area contributed by atoms with Gasteiger partial charge in [0.1, 0.15) is 5.75 Å². The molecule has 1 aliphatic heterocycles. The number of rotatable bonds is 7. The molecular formula is C22H23BrN4O4S2. The summed E-state index contributed by atoms with van der Waals surface area (Å²) in [7, 11) is -2.04. The number of benzene rings is 2. The molecule has 1 aliphatic rings. The van der Waals surface area contributed by atoms with Crippen LogP contribution in [0.1, 0.15) is 0 Å². The molecule has 2 aromatic carbocycles. The summed E-state index contributed by atoms with van der Waals surface area (Å²) in [5.41, 5.74) is 1.78. The van der Waals surface area contributed by atoms with Crippen molar-refractivity contribution in [3.05, 3.63) is 58.4 Å². The van der Waals surface area contributed by atoms with Crippen molar-refractivity contribution < 1.29 is 17.9 Å². The average molecular weight is 551 g/mol. The van der Waals surface area contributed by atoms with Gasteiger partial charge in [-0.1, -0.05) is 28.1 Å². The molecule has 174 valence electrons. The zero-order valence-corrected chi connectivity index (χ0v) is 21.1. The summed E-state index contributed by atoms with van der Waals surface area (Å²) in [5.74, 6) is 0.437. The first-order valence-electron chi connectivity index (χ1n) is 10.2. The highest BCUT2D eigenvalue weighted by molar-refractivity contribution is 9.10. The maximum Gasteiger partial charge on any atom is 0.243 e. The summed E-state index contributed by atoms with van der Waals surface area (Å²) in [4.78, 5) is 19.2. The van der Waals surface area contributed by atoms with E-state index in [1.807, 2.05) is 34.5 Å². The van der Waals surface area contributed by atoms with E-state index in [4.69, 9.17) is 4.74 Å². The van der Waals surface area contributed by atoms with Crippen LogP contribution in [0.5, 0.6) is 5.75 Å². The van der Waals surface area contributed by atoms with Crippen molar-refractivity contribution in [1.82, 2.24) is 14.2 Å². The van der Waals surface area contributed by atoms with Crippen molar-refractivity contribution in [2.24, 2.45) is 0 Å². The molecule has 4 rings (SSSR count). The fourth-order valence-corrected chi connectivity index (χ4v) is 5.89. The first kappa shape index (κ1) is 23.8. The van der Waals surface area contributed by atoms with Crippen LogP contribution in [0.25, 0.3) is 11.3 Å². The van der Waals surface area contributed by atoms with Crippen molar-refractivity contribution in [3.8, 4) is 17.0 Å². The van der Waals surface area contributed by atoms with Gasteiger partial charge in [0, 0.05) is 41.6 Å². The number of piperazine rings is 1. The van der Waals surface area contributed by atoms with E-state index in [9.17, 15) is 13.2 Å². The summed E-state index contributed by atoms with van der Waals surface area (Å²) in [6, 6.07) is 14.2. The summed E-state index contributed by atoms with van der Waals surface area (Å²) < 4.78 is 33.3. The number of carbonyl (C=O) groups excluding carboxylic acids is 1. The van der Waals surface area contributed by atoms with Crippen LogP contribution >= 0.6 is 27.3 Å². The standard InChI is InChI=1S/C22H23BrN4O4S2/c1-31-18-6-8-19(9-7-18)33(29,30)27-12-10-26(11-13-27)14-21(28)25-22-24-20(15-32-22)16-2-4-17(23)5-3-16/h2-9,15H,10-14H2,1H3,(H,24,25,28). The second-order valence-electron chi connectivity index (χ2n) is 7.45. The van der Waals surface area contributed by atoms with Crippen molar-refractivity contribution in [2.45, 2.75) is 4.90 Å². The third kappa shape index (κ3) is 5.79. The SMILES string of the molecule is COc1ccc(S(=O)(=O)N2CCN(CC(=O)Nc3nc(-c4ccc(Br)cc4)cs3)CC2)cc1. The van der Waals surface area contributed by atoms with Crippen molar-refractivity contribution in [2.75, 3.05) is 45.2 Å². The Morgan fingerprint density at radius 3 is 2.39 bits per heavy atom. The van der Waals surface area contributed by atoms with Crippen LogP contribution in [0.2, 0.25) is 0 Å². The van der Waals surface area contributed by atoms with Gasteiger partial charge >= 0.3 is 0 Å². The predicted molar refractivity (Wildman–Crippen MR) is 132 cm³/mol. The average Bonchev–Trinajstić information content (AvgIpc) is 3.28. The minimum Gasteiger partial charge on any atom is -0.497 e. The van der Waals surface area contributed by atoms with Crippen LogP contribution in [0, 0.1) is 0 Å². The summed E-state index contributed by atoms with van der Waals surface area (Å²) >= 11 is 4.79. The number of hydrogen-bond acceptors (Lipinski definition) is 7. The van der Waals surface area contributed by atoms with Crippen molar-refractivity contribution in [3.63, 3.8) is 0 Å². The van der Waals surface area contributed by atoms with Gasteiger partial charge in [0.25, 0.3) is 0 Å². The fourth-order valence-electron chi connectivity index (χ4n) is 3.47. The van der Waals surface area contributed by atoms with Gasteiger partial charge in [-0.25, -0.2) is 13.4 Å². The molecule has 11 heteroatoms. The number of nitrogens with one attached hydrogen (secondary N) is 1. The highest BCUT2D eigenvalue weighted by Crippen LogP contribution is 2.26. The first-order valence-corrected chi connectivity index (χ1v) is 13.3. The molecule has 1 saturated heterocycles. The number of nitrogens with zero attached hydrogens (tertiary/aromatic N) is 3. The molecule has 0 unspecified atom stereocenters. The Labute approximate surface area is 205 Å². The first-order chi connectivity index (χ1) is 15.8. The number of methoxy groups -OCH3 is 1. The Bertz CT molecular complexity index is 1210. The van der Waals surface area contributed by atoms with Gasteiger partial charge < -0.3 is 10.1 Å². The van der Waals surface area contributed by atoms with E-state index in [2.05, 4.69) is 26.2 Å². The lowest BCUT2D eigenvalue weighted by Gasteiger charge is -2.33. The lowest BCUT2D eigenvalue weighted by molar-refractivity contribution is -0.117. The highest BCUT2D eigenvalue weighted by atomic mass is 79.9. The molecule has 1 fully saturated rings. The lowest BCUT2D eigenvalue weighted by Crippen LogP contribution is -2.50. The van der Waals surface area contributed by atoms with E-state index in [0.29, 0.717) is 37.1 Å². The zero-order valence-electron chi connectivity index (χ0n) is 17.9. The van der Waals surface area contributed by atoms with E-state index in [1.165, 1.54) is 22.8 Å². The summed E-state index contributed by atoms with van der Waals surface area (Å²) in [5, 5.41) is 5.29. The normalized spacial score (nSPS) is 15.3. The van der Waals surface area contributed by atoms with Gasteiger partial charge in [0.15, 0.2) is 5.13 Å². The Morgan fingerprint density at radius 2 is 1.76 bits per heavy atom. The Hall–Kier alpha value is -2.31. The molecule has 0 bridgehead atoms. The van der Waals surface area contributed by atoms with Gasteiger partial charge in [-0.05, 0) is 36.4 Å². The van der Waals surface area contributed by atoms with Crippen molar-refractivity contribution >= 4 is 48.3 Å². The van der Waals surface area contributed by atoms with E-state index < -0.39 is 10.0 Å². The largest absolute Gasteiger partial charge is 0.497 e. The number of hydrogen-bond donors (Lipinski definition) is 1. The molecule has 0 radical (unpaired) electrons. The number of ether oxygens (including phenoxy) is 1. The predicted octanol–water partition coefficient (Wildman–Crippen LogP) is 3.53. The van der Waals surface area contributed by atoms with Crippen LogP contribution in [-0.2, 0) is 14.8 Å². The van der Waals surface area contributed by atoms with Gasteiger partial charge in [-0.2, -0.15) is 4.31 Å². The molecule has 33 heavy (non-hydrogen) atoms. The topological polar surface area (TPSA) is 91.8 Å². The Balaban J connectivity index is 1.29. The third-order valence-corrected chi connectivity index (χ3v) is 8.49. The van der Waals surface area contributed by atoms with Crippen LogP contribution in [0.15, 0.2) is 63.3 Å². The zero-order chi connectivity index (χ0) is 23.4. The van der Waals surface area contributed by atoms with Gasteiger partial charge in [0.2, 0.25) is 15.9 Å². The van der Waals surface area contributed by atoms with Crippen LogP contribution in [-0.4, -0.2) is 68.3 Å². The van der Waals surface area contributed by atoms with Gasteiger partial charge in [-0.3, -0.25) is 9.69 Å². The molecule has 1 aromatic heterocycles. The quantitative estimate of drug-likeness (QED) is 0.483. The fraction of sp³-hybridized carbons (Fsp3) is 0.273. The van der Waals surface area contributed by atoms with Crippen molar-refractivity contribution in [1.29, 1.82) is 0 Å². The molecule has 1 amide bonds. The van der Waals surface area contributed by atoms with E-state index in [-0.39, 0.29) is 17.3 Å². The number of carbonyl (C=O) groups is 1. The molecular weight excluding hydrogens is 528 g/mol. The molecule has 0 aliphatic carbocycles. The van der Waals surface area contributed by atoms with E-state index in [0.717, 1.165) is 15.7 Å². The number of sulfonamides is 1. The Kier molecular flexibility index (Phi) is 7.45.